The molecule has 0 aromatic carbocycles. The molecule has 3 saturated carbocycles. The summed E-state index contributed by atoms with van der Waals surface area (Å²) in [5.41, 5.74) is -1.24. The number of rotatable bonds is 5. The molecule has 5 rings (SSSR count). The molecular weight excluding hydrogens is 470 g/mol. The zero-order valence-corrected chi connectivity index (χ0v) is 23.8. The number of aliphatic hydroxyl groups is 1. The summed E-state index contributed by atoms with van der Waals surface area (Å²) in [5.74, 6) is 0.605. The number of nitrogens with zero attached hydrogens (tertiary/aromatic N) is 1. The van der Waals surface area contributed by atoms with Gasteiger partial charge in [0, 0.05) is 40.5 Å². The van der Waals surface area contributed by atoms with Crippen LogP contribution in [0.15, 0.2) is 12.7 Å². The van der Waals surface area contributed by atoms with Gasteiger partial charge >= 0.3 is 5.97 Å². The number of hydrogen-bond donors (Lipinski definition) is 1. The van der Waals surface area contributed by atoms with E-state index in [1.807, 2.05) is 6.08 Å². The summed E-state index contributed by atoms with van der Waals surface area (Å²) in [6.45, 7) is 12.8. The highest BCUT2D eigenvalue weighted by molar-refractivity contribution is 8.00. The lowest BCUT2D eigenvalue weighted by atomic mass is 9.44. The van der Waals surface area contributed by atoms with Crippen molar-refractivity contribution in [2.75, 3.05) is 12.8 Å². The highest BCUT2D eigenvalue weighted by Gasteiger charge is 2.68. The minimum atomic E-state index is -0.619. The normalized spacial score (nSPS) is 50.8. The number of esters is 1. The quantitative estimate of drug-likeness (QED) is 0.397. The van der Waals surface area contributed by atoms with Gasteiger partial charge in [-0.3, -0.25) is 9.59 Å². The number of Topliss-reactive ketones (excluding diaryl/α,β-unsaturated/α-hetero) is 1. The predicted octanol–water partition coefficient (Wildman–Crippen LogP) is 5.25. The summed E-state index contributed by atoms with van der Waals surface area (Å²) in [7, 11) is 2.24. The maximum Gasteiger partial charge on any atom is 0.316 e. The fourth-order valence-corrected chi connectivity index (χ4v) is 10.5. The second-order valence-electron chi connectivity index (χ2n) is 13.5. The predicted molar refractivity (Wildman–Crippen MR) is 145 cm³/mol. The molecule has 4 bridgehead atoms. The number of ketones is 1. The Morgan fingerprint density at radius 2 is 1.86 bits per heavy atom. The van der Waals surface area contributed by atoms with E-state index in [1.165, 1.54) is 12.8 Å². The van der Waals surface area contributed by atoms with Crippen LogP contribution in [-0.2, 0) is 14.3 Å². The number of carbonyl (C=O) groups is 2. The average molecular weight is 518 g/mol. The Kier molecular flexibility index (Phi) is 6.99. The van der Waals surface area contributed by atoms with Gasteiger partial charge in [-0.1, -0.05) is 33.8 Å². The van der Waals surface area contributed by atoms with E-state index in [2.05, 4.69) is 46.2 Å². The first-order valence-electron chi connectivity index (χ1n) is 14.3. The van der Waals surface area contributed by atoms with Gasteiger partial charge < -0.3 is 14.7 Å². The molecule has 5 nitrogen and oxygen atoms in total. The Balaban J connectivity index is 1.39. The van der Waals surface area contributed by atoms with Crippen LogP contribution < -0.4 is 0 Å². The Bertz CT molecular complexity index is 895. The van der Waals surface area contributed by atoms with Crippen LogP contribution >= 0.6 is 11.8 Å². The van der Waals surface area contributed by atoms with Gasteiger partial charge in [0.05, 0.1) is 11.9 Å². The molecule has 3 aliphatic carbocycles. The van der Waals surface area contributed by atoms with Crippen molar-refractivity contribution >= 4 is 23.5 Å². The van der Waals surface area contributed by atoms with E-state index in [9.17, 15) is 14.7 Å². The largest absolute Gasteiger partial charge is 0.461 e. The van der Waals surface area contributed by atoms with Crippen molar-refractivity contribution in [3.05, 3.63) is 12.7 Å². The van der Waals surface area contributed by atoms with Crippen molar-refractivity contribution in [3.8, 4) is 0 Å². The SMILES string of the molecule is C=C[C@]1(C)C[C@@H](OC(=O)CSC2C[C@H]3CC[C@@H](C2)N3C)[C@]2(C)[C@H](C)CC[C@]3(CCC(=O)[C@H]32)[C@@H](C)[C@@H]1O. The monoisotopic (exact) mass is 517 g/mol. The number of thioether (sulfide) groups is 1. The van der Waals surface area contributed by atoms with Crippen molar-refractivity contribution in [2.45, 2.75) is 115 Å². The van der Waals surface area contributed by atoms with Crippen molar-refractivity contribution in [1.29, 1.82) is 0 Å². The van der Waals surface area contributed by atoms with Crippen molar-refractivity contribution in [1.82, 2.24) is 4.90 Å². The Morgan fingerprint density at radius 3 is 2.50 bits per heavy atom. The lowest BCUT2D eigenvalue weighted by molar-refractivity contribution is -0.205. The van der Waals surface area contributed by atoms with Crippen LogP contribution in [0.5, 0.6) is 0 Å². The van der Waals surface area contributed by atoms with E-state index in [0.29, 0.717) is 41.7 Å². The molecule has 1 N–H and O–H groups in total. The molecule has 2 aliphatic heterocycles. The first-order valence-corrected chi connectivity index (χ1v) is 15.4. The second kappa shape index (κ2) is 9.41. The standard InChI is InChI=1S/C30H47NO4S/c1-7-28(4)16-24(35-25(33)17-36-22-14-20-8-9-21(15-22)31(20)6)29(5)18(2)10-12-30(19(3)27(28)34)13-11-23(32)26(29)30/h7,18-22,24,26-27,34H,1,8-17H2,2-6H3/t18-,19+,20-,21+,22?,24-,26+,27+,28-,29+,30+/m1/s1. The van der Waals surface area contributed by atoms with Crippen molar-refractivity contribution < 1.29 is 19.4 Å². The average Bonchev–Trinajstić information content (AvgIpc) is 3.28. The molecule has 6 heteroatoms. The van der Waals surface area contributed by atoms with Gasteiger partial charge in [0.25, 0.3) is 0 Å². The van der Waals surface area contributed by atoms with Crippen LogP contribution in [0.1, 0.15) is 85.5 Å². The smallest absolute Gasteiger partial charge is 0.316 e. The summed E-state index contributed by atoms with van der Waals surface area (Å²) >= 11 is 1.76. The summed E-state index contributed by atoms with van der Waals surface area (Å²) in [4.78, 5) is 29.4. The summed E-state index contributed by atoms with van der Waals surface area (Å²) < 4.78 is 6.42. The number of fused-ring (bicyclic) bond motifs is 2. The van der Waals surface area contributed by atoms with Gasteiger partial charge in [0.2, 0.25) is 0 Å². The number of aliphatic hydroxyl groups excluding tert-OH is 1. The fourth-order valence-electron chi connectivity index (χ4n) is 9.38. The Hall–Kier alpha value is -0.850. The van der Waals surface area contributed by atoms with E-state index in [4.69, 9.17) is 4.74 Å². The Labute approximate surface area is 222 Å². The minimum absolute atomic E-state index is 0.00390. The first-order chi connectivity index (χ1) is 17.0. The molecule has 5 fully saturated rings. The lowest BCUT2D eigenvalue weighted by Crippen LogP contribution is -2.63. The highest BCUT2D eigenvalue weighted by atomic mass is 32.2. The third kappa shape index (κ3) is 3.95. The third-order valence-corrected chi connectivity index (χ3v) is 13.3. The molecule has 1 unspecified atom stereocenters. The molecule has 0 aromatic heterocycles. The molecule has 11 atom stereocenters. The molecule has 0 aromatic rings. The van der Waals surface area contributed by atoms with Gasteiger partial charge in [0.1, 0.15) is 11.9 Å². The maximum atomic E-state index is 13.5. The lowest BCUT2D eigenvalue weighted by Gasteiger charge is -2.61. The molecule has 2 heterocycles. The van der Waals surface area contributed by atoms with Gasteiger partial charge in [0.15, 0.2) is 0 Å². The maximum absolute atomic E-state index is 13.5. The van der Waals surface area contributed by atoms with Crippen LogP contribution in [0, 0.1) is 34.0 Å². The molecule has 2 saturated heterocycles. The Morgan fingerprint density at radius 1 is 1.19 bits per heavy atom. The van der Waals surface area contributed by atoms with Crippen LogP contribution in [0.3, 0.4) is 0 Å². The zero-order chi connectivity index (χ0) is 26.0. The number of carbonyl (C=O) groups excluding carboxylic acids is 2. The van der Waals surface area contributed by atoms with Crippen LogP contribution in [-0.4, -0.2) is 64.1 Å². The topological polar surface area (TPSA) is 66.8 Å². The highest BCUT2D eigenvalue weighted by Crippen LogP contribution is 2.68. The molecule has 36 heavy (non-hydrogen) atoms. The molecule has 0 radical (unpaired) electrons. The molecule has 0 spiro atoms. The third-order valence-electron chi connectivity index (χ3n) is 12.1. The number of ether oxygens (including phenoxy) is 1. The van der Waals surface area contributed by atoms with Gasteiger partial charge in [-0.05, 0) is 75.7 Å². The van der Waals surface area contributed by atoms with E-state index in [0.717, 1.165) is 32.1 Å². The van der Waals surface area contributed by atoms with E-state index < -0.39 is 23.0 Å². The van der Waals surface area contributed by atoms with Gasteiger partial charge in [-0.15, -0.1) is 18.3 Å². The fraction of sp³-hybridized carbons (Fsp3) is 0.867. The van der Waals surface area contributed by atoms with E-state index >= 15 is 0 Å². The van der Waals surface area contributed by atoms with Crippen molar-refractivity contribution in [3.63, 3.8) is 0 Å². The van der Waals surface area contributed by atoms with Gasteiger partial charge in [-0.2, -0.15) is 0 Å². The van der Waals surface area contributed by atoms with Crippen LogP contribution in [0.25, 0.3) is 0 Å². The second-order valence-corrected chi connectivity index (χ2v) is 14.8. The zero-order valence-electron chi connectivity index (χ0n) is 23.0. The molecule has 202 valence electrons. The molecule has 5 aliphatic rings. The first kappa shape index (κ1) is 26.7. The number of piperidine rings is 1. The van der Waals surface area contributed by atoms with E-state index in [1.54, 1.807) is 11.8 Å². The summed E-state index contributed by atoms with van der Waals surface area (Å²) in [5, 5.41) is 12.2. The summed E-state index contributed by atoms with van der Waals surface area (Å²) in [6, 6.07) is 1.31. The molecular formula is C30H47NO4S. The van der Waals surface area contributed by atoms with Crippen LogP contribution in [0.4, 0.5) is 0 Å². The van der Waals surface area contributed by atoms with E-state index in [-0.39, 0.29) is 29.1 Å². The number of hydrogen-bond acceptors (Lipinski definition) is 6. The summed E-state index contributed by atoms with van der Waals surface area (Å²) in [6.07, 6.45) is 9.58. The van der Waals surface area contributed by atoms with Crippen LogP contribution in [0.2, 0.25) is 0 Å². The van der Waals surface area contributed by atoms with Gasteiger partial charge in [-0.25, -0.2) is 0 Å². The minimum Gasteiger partial charge on any atom is -0.461 e. The molecule has 0 amide bonds. The van der Waals surface area contributed by atoms with Crippen molar-refractivity contribution in [2.24, 2.45) is 34.0 Å².